The van der Waals surface area contributed by atoms with Crippen molar-refractivity contribution in [3.63, 3.8) is 0 Å². The molecule has 2 atom stereocenters. The predicted molar refractivity (Wildman–Crippen MR) is 218 cm³/mol. The normalized spacial score (nSPS) is 18.8. The summed E-state index contributed by atoms with van der Waals surface area (Å²) in [6.45, 7) is 5.40. The molecule has 0 nitrogen and oxygen atoms in total. The van der Waals surface area contributed by atoms with Gasteiger partial charge in [-0.3, -0.25) is 0 Å². The van der Waals surface area contributed by atoms with E-state index in [0.29, 0.717) is 7.25 Å². The molecule has 0 N–H and O–H groups in total. The van der Waals surface area contributed by atoms with Gasteiger partial charge in [0.2, 0.25) is 0 Å². The smallest absolute Gasteiger partial charge is 0.147 e. The zero-order valence-electron chi connectivity index (χ0n) is 28.7. The van der Waals surface area contributed by atoms with Crippen LogP contribution in [-0.4, -0.2) is 5.43 Å². The van der Waals surface area contributed by atoms with Crippen LogP contribution in [0.1, 0.15) is 55.2 Å². The fourth-order valence-electron chi connectivity index (χ4n) is 9.22. The van der Waals surface area contributed by atoms with Crippen LogP contribution < -0.4 is 0 Å². The minimum Gasteiger partial charge on any atom is -0.147 e. The van der Waals surface area contributed by atoms with Gasteiger partial charge in [-0.2, -0.15) is 0 Å². The minimum absolute atomic E-state index is 0. The zero-order valence-corrected chi connectivity index (χ0v) is 33.7. The van der Waals surface area contributed by atoms with E-state index in [1.807, 2.05) is 11.1 Å². The van der Waals surface area contributed by atoms with Crippen molar-refractivity contribution in [2.24, 2.45) is 11.8 Å². The van der Waals surface area contributed by atoms with Gasteiger partial charge in [0, 0.05) is 0 Å². The Labute approximate surface area is 316 Å². The second kappa shape index (κ2) is 13.5. The summed E-state index contributed by atoms with van der Waals surface area (Å²) in [4.78, 5) is 0. The van der Waals surface area contributed by atoms with Crippen molar-refractivity contribution >= 4 is 63.9 Å². The Bertz CT molecular complexity index is 2230. The average molecular weight is 785 g/mol. The van der Waals surface area contributed by atoms with E-state index in [1.165, 1.54) is 69.5 Å². The number of rotatable bonds is 6. The number of hydrogen-bond donors (Lipinski definition) is 0. The number of hydrogen-bond acceptors (Lipinski definition) is 0. The molecule has 0 aliphatic heterocycles. The number of halogens is 2. The van der Waals surface area contributed by atoms with Gasteiger partial charge in [-0.05, 0) is 0 Å². The molecule has 0 amide bonds. The van der Waals surface area contributed by atoms with Gasteiger partial charge in [-0.15, -0.1) is 24.8 Å². The van der Waals surface area contributed by atoms with E-state index in [0.717, 1.165) is 11.8 Å². The van der Waals surface area contributed by atoms with Crippen LogP contribution in [-0.2, 0) is 20.4 Å². The summed E-state index contributed by atoms with van der Waals surface area (Å²) in [5.74, 6) is 1.58. The van der Waals surface area contributed by atoms with E-state index in [4.69, 9.17) is 0 Å². The Morgan fingerprint density at radius 2 is 0.840 bits per heavy atom. The maximum absolute atomic E-state index is 2.73. The van der Waals surface area contributed by atoms with Gasteiger partial charge < -0.3 is 0 Å². The van der Waals surface area contributed by atoms with Gasteiger partial charge in [0.1, 0.15) is 0 Å². The summed E-state index contributed by atoms with van der Waals surface area (Å²) in [5, 5.41) is 5.41. The maximum Gasteiger partial charge on any atom is -0.147 e. The molecule has 0 heterocycles. The fraction of sp³-hybridized carbons (Fsp3) is 0.217. The third-order valence-electron chi connectivity index (χ3n) is 11.6. The quantitative estimate of drug-likeness (QED) is 0.148. The molecule has 10 rings (SSSR count). The van der Waals surface area contributed by atoms with Gasteiger partial charge in [0.05, 0.1) is 0 Å². The average Bonchev–Trinajstić information content (AvgIpc) is 4.07. The summed E-state index contributed by atoms with van der Waals surface area (Å²) in [6.07, 6.45) is 11.0. The largest absolute Gasteiger partial charge is 0.147 e. The van der Waals surface area contributed by atoms with E-state index in [2.05, 4.69) is 147 Å². The second-order valence-corrected chi connectivity index (χ2v) is 32.7. The molecule has 50 heavy (non-hydrogen) atoms. The fourth-order valence-corrected chi connectivity index (χ4v) is 29.7. The maximum atomic E-state index is 2.73. The van der Waals surface area contributed by atoms with Crippen molar-refractivity contribution in [2.75, 3.05) is 0 Å². The van der Waals surface area contributed by atoms with E-state index in [1.54, 1.807) is 22.3 Å². The SMILES string of the molecule is C[Si](C)=[Zr]([CH]1C(C2CC2)=Cc2c(-c3cccc4ccccc34)cccc21)[CH]1C(C2CC2)=Cc2c(-c3cccc4ccccc34)cccc21.Cl.Cl. The molecular formula is C46H42Cl2SiZr. The summed E-state index contributed by atoms with van der Waals surface area (Å²) in [5.41, 5.74) is 15.3. The van der Waals surface area contributed by atoms with Gasteiger partial charge in [-0.1, -0.05) is 0 Å². The molecule has 0 aromatic heterocycles. The molecule has 0 saturated heterocycles. The van der Waals surface area contributed by atoms with Crippen LogP contribution >= 0.6 is 24.8 Å². The first-order chi connectivity index (χ1) is 23.7. The molecular weight excluding hydrogens is 743 g/mol. The molecule has 4 heteroatoms. The third kappa shape index (κ3) is 5.58. The van der Waals surface area contributed by atoms with E-state index < -0.39 is 25.8 Å². The Kier molecular flexibility index (Phi) is 9.22. The molecule has 248 valence electrons. The molecule has 2 unspecified atom stereocenters. The standard InChI is InChI=1S/2C22H17.C2H6Si.2ClH.Zr/c2*1-2-8-19-16(5-1)6-3-9-20(19)21-10-4-7-17-13-18(14-22(17)21)15-11-12-15;1-3-2;;;/h2*1-10,13-15H,11-12H2;1-2H3;2*1H;. The van der Waals surface area contributed by atoms with Gasteiger partial charge in [0.25, 0.3) is 0 Å². The number of allylic oxidation sites excluding steroid dienone is 2. The first-order valence-electron chi connectivity index (χ1n) is 18.0. The molecule has 6 aromatic carbocycles. The van der Waals surface area contributed by atoms with Crippen LogP contribution in [0.15, 0.2) is 132 Å². The van der Waals surface area contributed by atoms with Gasteiger partial charge in [0.15, 0.2) is 0 Å². The second-order valence-electron chi connectivity index (χ2n) is 14.8. The van der Waals surface area contributed by atoms with Crippen molar-refractivity contribution in [3.8, 4) is 22.3 Å². The Morgan fingerprint density at radius 3 is 1.26 bits per heavy atom. The van der Waals surface area contributed by atoms with E-state index >= 15 is 0 Å². The summed E-state index contributed by atoms with van der Waals surface area (Å²) < 4.78 is 1.38. The molecule has 0 bridgehead atoms. The third-order valence-corrected chi connectivity index (χ3v) is 31.0. The molecule has 4 aliphatic carbocycles. The number of benzene rings is 6. The van der Waals surface area contributed by atoms with Crippen LogP contribution in [0, 0.1) is 11.8 Å². The van der Waals surface area contributed by atoms with Crippen molar-refractivity contribution in [3.05, 3.63) is 155 Å². The van der Waals surface area contributed by atoms with Crippen molar-refractivity contribution in [2.45, 2.75) is 46.0 Å². The van der Waals surface area contributed by atoms with Crippen molar-refractivity contribution in [1.82, 2.24) is 0 Å². The molecule has 4 aliphatic rings. The van der Waals surface area contributed by atoms with Crippen LogP contribution in [0.4, 0.5) is 0 Å². The van der Waals surface area contributed by atoms with E-state index in [9.17, 15) is 0 Å². The van der Waals surface area contributed by atoms with Crippen molar-refractivity contribution < 1.29 is 20.4 Å². The van der Waals surface area contributed by atoms with Crippen LogP contribution in [0.5, 0.6) is 0 Å². The Hall–Kier alpha value is -3.00. The van der Waals surface area contributed by atoms with Crippen LogP contribution in [0.25, 0.3) is 56.0 Å². The molecule has 2 saturated carbocycles. The molecule has 0 spiro atoms. The van der Waals surface area contributed by atoms with Crippen LogP contribution in [0.3, 0.4) is 0 Å². The van der Waals surface area contributed by atoms with E-state index in [-0.39, 0.29) is 24.8 Å². The summed E-state index contributed by atoms with van der Waals surface area (Å²) in [7, 11) is 0. The van der Waals surface area contributed by atoms with Crippen LogP contribution in [0.2, 0.25) is 13.1 Å². The number of fused-ring (bicyclic) bond motifs is 4. The Balaban J connectivity index is 0.00000180. The summed E-state index contributed by atoms with van der Waals surface area (Å²) in [6, 6.07) is 46.4. The minimum atomic E-state index is -2.23. The molecule has 0 radical (unpaired) electrons. The van der Waals surface area contributed by atoms with Crippen molar-refractivity contribution in [1.29, 1.82) is 0 Å². The Morgan fingerprint density at radius 1 is 0.460 bits per heavy atom. The molecule has 2 fully saturated rings. The first kappa shape index (κ1) is 34.1. The first-order valence-corrected chi connectivity index (χ1v) is 27.0. The topological polar surface area (TPSA) is 0 Å². The monoisotopic (exact) mass is 782 g/mol. The predicted octanol–water partition coefficient (Wildman–Crippen LogP) is 13.4. The van der Waals surface area contributed by atoms with Gasteiger partial charge in [-0.25, -0.2) is 0 Å². The molecule has 6 aromatic rings. The van der Waals surface area contributed by atoms with Gasteiger partial charge >= 0.3 is 294 Å². The summed E-state index contributed by atoms with van der Waals surface area (Å²) >= 11 is -2.23. The zero-order chi connectivity index (χ0) is 31.9.